The number of ether oxygens (including phenoxy) is 1. The molecule has 2 aromatic heterocycles. The molecule has 0 radical (unpaired) electrons. The second-order valence-corrected chi connectivity index (χ2v) is 8.10. The van der Waals surface area contributed by atoms with Crippen molar-refractivity contribution in [2.45, 2.75) is 46.3 Å². The first-order valence-corrected chi connectivity index (χ1v) is 10.5. The number of carbonyl (C=O) groups is 1. The zero-order chi connectivity index (χ0) is 22.8. The van der Waals surface area contributed by atoms with Gasteiger partial charge in [0.1, 0.15) is 0 Å². The number of fused-ring (bicyclic) bond motifs is 1. The lowest BCUT2D eigenvalue weighted by atomic mass is 10.0. The van der Waals surface area contributed by atoms with E-state index in [1.165, 1.54) is 10.2 Å². The average Bonchev–Trinajstić information content (AvgIpc) is 3.27. The van der Waals surface area contributed by atoms with Crippen LogP contribution in [0.4, 0.5) is 0 Å². The van der Waals surface area contributed by atoms with Crippen LogP contribution in [0.1, 0.15) is 61.6 Å². The molecule has 0 aliphatic heterocycles. The van der Waals surface area contributed by atoms with Gasteiger partial charge in [0.15, 0.2) is 12.3 Å². The van der Waals surface area contributed by atoms with Gasteiger partial charge in [-0.05, 0) is 31.4 Å². The van der Waals surface area contributed by atoms with E-state index in [1.807, 2.05) is 38.1 Å². The minimum atomic E-state index is -0.670. The predicted octanol–water partition coefficient (Wildman–Crippen LogP) is 4.51. The van der Waals surface area contributed by atoms with Gasteiger partial charge in [0, 0.05) is 10.9 Å². The second kappa shape index (κ2) is 8.74. The summed E-state index contributed by atoms with van der Waals surface area (Å²) >= 11 is 0. The van der Waals surface area contributed by atoms with Crippen LogP contribution in [0.25, 0.3) is 22.2 Å². The summed E-state index contributed by atoms with van der Waals surface area (Å²) < 4.78 is 11.9. The van der Waals surface area contributed by atoms with Crippen molar-refractivity contribution in [3.8, 4) is 11.4 Å². The van der Waals surface area contributed by atoms with Gasteiger partial charge >= 0.3 is 5.97 Å². The third-order valence-electron chi connectivity index (χ3n) is 5.14. The highest BCUT2D eigenvalue weighted by Crippen LogP contribution is 2.21. The Hall–Kier alpha value is -3.81. The number of nitrogens with zero attached hydrogens (tertiary/aromatic N) is 4. The Bertz CT molecular complexity index is 1320. The highest BCUT2D eigenvalue weighted by molar-refractivity contribution is 6.02. The Morgan fingerprint density at radius 1 is 1.03 bits per heavy atom. The van der Waals surface area contributed by atoms with Crippen molar-refractivity contribution in [1.82, 2.24) is 19.9 Å². The minimum Gasteiger partial charge on any atom is -0.451 e. The molecule has 2 heterocycles. The first-order chi connectivity index (χ1) is 15.3. The molecule has 0 aliphatic rings. The number of hydrogen-bond donors (Lipinski definition) is 0. The normalized spacial score (nSPS) is 11.4. The summed E-state index contributed by atoms with van der Waals surface area (Å²) in [5.41, 5.74) is 1.84. The van der Waals surface area contributed by atoms with Crippen LogP contribution in [-0.2, 0) is 11.3 Å². The lowest BCUT2D eigenvalue weighted by molar-refractivity contribution is 0.0422. The van der Waals surface area contributed by atoms with Gasteiger partial charge in [-0.2, -0.15) is 10.1 Å². The maximum absolute atomic E-state index is 12.8. The SMILES string of the molecule is CC(C)c1ccc(-c2noc(COC(=O)c3nn(C(C)C)c(=O)c4ccccc34)n2)cc1. The molecule has 8 heteroatoms. The monoisotopic (exact) mass is 432 g/mol. The van der Waals surface area contributed by atoms with Crippen LogP contribution in [-0.4, -0.2) is 25.9 Å². The lowest BCUT2D eigenvalue weighted by Gasteiger charge is -2.12. The van der Waals surface area contributed by atoms with E-state index in [-0.39, 0.29) is 29.8 Å². The lowest BCUT2D eigenvalue weighted by Crippen LogP contribution is -2.27. The third-order valence-corrected chi connectivity index (χ3v) is 5.14. The van der Waals surface area contributed by atoms with E-state index >= 15 is 0 Å². The zero-order valence-electron chi connectivity index (χ0n) is 18.4. The van der Waals surface area contributed by atoms with Gasteiger partial charge in [0.05, 0.1) is 11.4 Å². The number of rotatable bonds is 6. The molecule has 4 rings (SSSR count). The summed E-state index contributed by atoms with van der Waals surface area (Å²) in [6.07, 6.45) is 0. The molecule has 32 heavy (non-hydrogen) atoms. The van der Waals surface area contributed by atoms with E-state index in [9.17, 15) is 9.59 Å². The van der Waals surface area contributed by atoms with Gasteiger partial charge in [0.2, 0.25) is 5.82 Å². The summed E-state index contributed by atoms with van der Waals surface area (Å²) in [5, 5.41) is 9.07. The van der Waals surface area contributed by atoms with Crippen molar-refractivity contribution in [2.75, 3.05) is 0 Å². The van der Waals surface area contributed by atoms with Crippen molar-refractivity contribution in [3.05, 3.63) is 76.0 Å². The first kappa shape index (κ1) is 21.4. The second-order valence-electron chi connectivity index (χ2n) is 8.10. The van der Waals surface area contributed by atoms with Crippen LogP contribution >= 0.6 is 0 Å². The molecule has 0 unspecified atom stereocenters. The number of aromatic nitrogens is 4. The molecular weight excluding hydrogens is 408 g/mol. The van der Waals surface area contributed by atoms with Gasteiger partial charge < -0.3 is 9.26 Å². The van der Waals surface area contributed by atoms with Crippen molar-refractivity contribution in [3.63, 3.8) is 0 Å². The number of benzene rings is 2. The van der Waals surface area contributed by atoms with E-state index in [0.29, 0.717) is 22.5 Å². The highest BCUT2D eigenvalue weighted by atomic mass is 16.6. The fraction of sp³-hybridized carbons (Fsp3) is 0.292. The molecule has 4 aromatic rings. The molecule has 0 aliphatic carbocycles. The smallest absolute Gasteiger partial charge is 0.359 e. The summed E-state index contributed by atoms with van der Waals surface area (Å²) in [5.74, 6) is 0.349. The van der Waals surface area contributed by atoms with Crippen LogP contribution in [0.5, 0.6) is 0 Å². The zero-order valence-corrected chi connectivity index (χ0v) is 18.4. The van der Waals surface area contributed by atoms with Gasteiger partial charge in [0.25, 0.3) is 11.4 Å². The summed E-state index contributed by atoms with van der Waals surface area (Å²) in [6.45, 7) is 7.70. The first-order valence-electron chi connectivity index (χ1n) is 10.5. The molecule has 0 spiro atoms. The van der Waals surface area contributed by atoms with E-state index in [0.717, 1.165) is 5.56 Å². The Morgan fingerprint density at radius 2 is 1.72 bits per heavy atom. The molecule has 2 aromatic carbocycles. The van der Waals surface area contributed by atoms with Gasteiger partial charge in [-0.15, -0.1) is 0 Å². The molecule has 0 saturated heterocycles. The maximum Gasteiger partial charge on any atom is 0.359 e. The number of hydrogen-bond acceptors (Lipinski definition) is 7. The van der Waals surface area contributed by atoms with Crippen LogP contribution < -0.4 is 5.56 Å². The Morgan fingerprint density at radius 3 is 2.38 bits per heavy atom. The van der Waals surface area contributed by atoms with Crippen LogP contribution in [0, 0.1) is 0 Å². The Balaban J connectivity index is 1.54. The topological polar surface area (TPSA) is 100 Å². The number of carbonyl (C=O) groups excluding carboxylic acids is 1. The molecule has 0 N–H and O–H groups in total. The fourth-order valence-electron chi connectivity index (χ4n) is 3.35. The molecule has 0 amide bonds. The van der Waals surface area contributed by atoms with Crippen LogP contribution in [0.15, 0.2) is 57.8 Å². The fourth-order valence-corrected chi connectivity index (χ4v) is 3.35. The molecule has 0 atom stereocenters. The molecular formula is C24H24N4O4. The van der Waals surface area contributed by atoms with Crippen molar-refractivity contribution < 1.29 is 14.1 Å². The van der Waals surface area contributed by atoms with Gasteiger partial charge in [-0.3, -0.25) is 4.79 Å². The van der Waals surface area contributed by atoms with Crippen molar-refractivity contribution >= 4 is 16.7 Å². The summed E-state index contributed by atoms with van der Waals surface area (Å²) in [6, 6.07) is 14.5. The van der Waals surface area contributed by atoms with Gasteiger partial charge in [-0.25, -0.2) is 9.48 Å². The van der Waals surface area contributed by atoms with Crippen molar-refractivity contribution in [2.24, 2.45) is 0 Å². The van der Waals surface area contributed by atoms with Crippen LogP contribution in [0.2, 0.25) is 0 Å². The predicted molar refractivity (Wildman–Crippen MR) is 119 cm³/mol. The summed E-state index contributed by atoms with van der Waals surface area (Å²) in [4.78, 5) is 29.8. The standard InChI is InChI=1S/C24H24N4O4/c1-14(2)16-9-11-17(12-10-16)22-25-20(32-27-22)13-31-24(30)21-18-7-5-6-8-19(18)23(29)28(26-21)15(3)4/h5-12,14-15H,13H2,1-4H3. The molecule has 0 fully saturated rings. The highest BCUT2D eigenvalue weighted by Gasteiger charge is 2.20. The summed E-state index contributed by atoms with van der Waals surface area (Å²) in [7, 11) is 0. The molecule has 0 bridgehead atoms. The minimum absolute atomic E-state index is 0.0675. The average molecular weight is 432 g/mol. The molecule has 8 nitrogen and oxygen atoms in total. The van der Waals surface area contributed by atoms with E-state index in [2.05, 4.69) is 29.1 Å². The largest absolute Gasteiger partial charge is 0.451 e. The maximum atomic E-state index is 12.8. The third kappa shape index (κ3) is 4.16. The van der Waals surface area contributed by atoms with E-state index < -0.39 is 5.97 Å². The molecule has 164 valence electrons. The number of esters is 1. The Labute approximate surface area is 184 Å². The van der Waals surface area contributed by atoms with Crippen molar-refractivity contribution in [1.29, 1.82) is 0 Å². The van der Waals surface area contributed by atoms with Crippen LogP contribution in [0.3, 0.4) is 0 Å². The Kier molecular flexibility index (Phi) is 5.85. The van der Waals surface area contributed by atoms with E-state index in [1.54, 1.807) is 24.3 Å². The van der Waals surface area contributed by atoms with Gasteiger partial charge in [-0.1, -0.05) is 61.5 Å². The van der Waals surface area contributed by atoms with E-state index in [4.69, 9.17) is 9.26 Å². The quantitative estimate of drug-likeness (QED) is 0.413. The molecule has 0 saturated carbocycles.